The molecule has 0 bridgehead atoms. The normalized spacial score (nSPS) is 10.2. The molecule has 0 aromatic carbocycles. The number of allylic oxidation sites excluding steroid dienone is 1. The van der Waals surface area contributed by atoms with Crippen LogP contribution >= 0.6 is 23.2 Å². The van der Waals surface area contributed by atoms with Gasteiger partial charge < -0.3 is 0 Å². The van der Waals surface area contributed by atoms with Crippen LogP contribution in [0, 0.1) is 11.3 Å². The van der Waals surface area contributed by atoms with E-state index < -0.39 is 19.4 Å². The third kappa shape index (κ3) is 2.54. The minimum absolute atomic E-state index is 0.648. The van der Waals surface area contributed by atoms with Crippen molar-refractivity contribution in [3.05, 3.63) is 9.40 Å². The van der Waals surface area contributed by atoms with Crippen LogP contribution in [0.4, 0.5) is 0 Å². The highest BCUT2D eigenvalue weighted by atomic mass is 35.5. The van der Waals surface area contributed by atoms with Crippen molar-refractivity contribution < 1.29 is 8.42 Å². The van der Waals surface area contributed by atoms with Gasteiger partial charge >= 0.3 is 0 Å². The third-order valence-electron chi connectivity index (χ3n) is 0.558. The van der Waals surface area contributed by atoms with Gasteiger partial charge in [-0.2, -0.15) is 5.26 Å². The van der Waals surface area contributed by atoms with Crippen LogP contribution in [-0.2, 0) is 10.0 Å². The van der Waals surface area contributed by atoms with E-state index in [1.54, 1.807) is 0 Å². The van der Waals surface area contributed by atoms with Crippen LogP contribution in [0.2, 0.25) is 0 Å². The summed E-state index contributed by atoms with van der Waals surface area (Å²) >= 11 is 9.98. The third-order valence-corrected chi connectivity index (χ3v) is 2.02. The Morgan fingerprint density at radius 2 is 1.90 bits per heavy atom. The van der Waals surface area contributed by atoms with Gasteiger partial charge in [-0.25, -0.2) is 13.6 Å². The Bertz CT molecular complexity index is 295. The number of nitrogens with two attached hydrogens (primary N) is 1. The molecule has 4 nitrogen and oxygen atoms in total. The lowest BCUT2D eigenvalue weighted by atomic mass is 10.7. The second-order valence-electron chi connectivity index (χ2n) is 1.25. The molecular formula is C3H2Cl2N2O2S. The van der Waals surface area contributed by atoms with Gasteiger partial charge in [-0.15, -0.1) is 0 Å². The molecule has 2 N–H and O–H groups in total. The predicted molar refractivity (Wildman–Crippen MR) is 37.5 cm³/mol. The van der Waals surface area contributed by atoms with Gasteiger partial charge in [-0.05, 0) is 0 Å². The summed E-state index contributed by atoms with van der Waals surface area (Å²) in [5.74, 6) is 0. The monoisotopic (exact) mass is 200 g/mol. The minimum atomic E-state index is -4.06. The predicted octanol–water partition coefficient (Wildman–Crippen LogP) is 0.445. The van der Waals surface area contributed by atoms with E-state index in [1.165, 1.54) is 6.07 Å². The van der Waals surface area contributed by atoms with Crippen molar-refractivity contribution in [1.82, 2.24) is 0 Å². The Morgan fingerprint density at radius 3 is 1.90 bits per heavy atom. The molecule has 0 atom stereocenters. The molecule has 0 aliphatic heterocycles. The molecule has 0 aliphatic rings. The summed E-state index contributed by atoms with van der Waals surface area (Å²) < 4.78 is 20.0. The molecule has 0 heterocycles. The van der Waals surface area contributed by atoms with Crippen molar-refractivity contribution in [1.29, 1.82) is 5.26 Å². The topological polar surface area (TPSA) is 83.9 Å². The zero-order chi connectivity index (χ0) is 8.36. The molecule has 10 heavy (non-hydrogen) atoms. The summed E-state index contributed by atoms with van der Waals surface area (Å²) in [6.07, 6.45) is 0. The maximum absolute atomic E-state index is 10.3. The molecule has 0 saturated heterocycles. The van der Waals surface area contributed by atoms with Gasteiger partial charge in [0.25, 0.3) is 10.0 Å². The summed E-state index contributed by atoms with van der Waals surface area (Å²) in [7, 11) is -4.06. The molecule has 0 rings (SSSR count). The molecule has 0 spiro atoms. The number of hydrogen-bond donors (Lipinski definition) is 1. The number of nitriles is 1. The first-order chi connectivity index (χ1) is 4.39. The SMILES string of the molecule is N#CC(=C(Cl)Cl)S(N)(=O)=O. The van der Waals surface area contributed by atoms with Crippen LogP contribution in [0.5, 0.6) is 0 Å². The molecular weight excluding hydrogens is 199 g/mol. The maximum Gasteiger partial charge on any atom is 0.250 e. The zero-order valence-electron chi connectivity index (χ0n) is 4.51. The van der Waals surface area contributed by atoms with Crippen molar-refractivity contribution in [2.24, 2.45) is 5.14 Å². The average Bonchev–Trinajstić information content (AvgIpc) is 1.60. The standard InChI is InChI=1S/C3H2Cl2N2O2S/c4-3(5)2(1-6)10(7,8)9/h(H2,7,8,9). The number of nitrogens with zero attached hydrogens (tertiary/aromatic N) is 1. The molecule has 56 valence electrons. The highest BCUT2D eigenvalue weighted by molar-refractivity contribution is 7.93. The van der Waals surface area contributed by atoms with Crippen LogP contribution in [0.15, 0.2) is 9.40 Å². The van der Waals surface area contributed by atoms with Gasteiger partial charge in [0.05, 0.1) is 0 Å². The van der Waals surface area contributed by atoms with E-state index in [2.05, 4.69) is 5.14 Å². The first-order valence-electron chi connectivity index (χ1n) is 1.87. The second kappa shape index (κ2) is 3.21. The van der Waals surface area contributed by atoms with Crippen molar-refractivity contribution in [2.75, 3.05) is 0 Å². The fraction of sp³-hybridized carbons (Fsp3) is 0. The van der Waals surface area contributed by atoms with E-state index >= 15 is 0 Å². The lowest BCUT2D eigenvalue weighted by molar-refractivity contribution is 0.605. The average molecular weight is 201 g/mol. The molecule has 0 aliphatic carbocycles. The highest BCUT2D eigenvalue weighted by Crippen LogP contribution is 2.16. The summed E-state index contributed by atoms with van der Waals surface area (Å²) in [5.41, 5.74) is 0. The summed E-state index contributed by atoms with van der Waals surface area (Å²) in [5, 5.41) is 12.6. The summed E-state index contributed by atoms with van der Waals surface area (Å²) in [6.45, 7) is 0. The number of rotatable bonds is 1. The van der Waals surface area contributed by atoms with Crippen molar-refractivity contribution >= 4 is 33.2 Å². The number of primary sulfonamides is 1. The molecule has 0 fully saturated rings. The Balaban J connectivity index is 5.20. The van der Waals surface area contributed by atoms with E-state index in [-0.39, 0.29) is 0 Å². The van der Waals surface area contributed by atoms with Crippen molar-refractivity contribution in [3.63, 3.8) is 0 Å². The largest absolute Gasteiger partial charge is 0.250 e. The van der Waals surface area contributed by atoms with Crippen LogP contribution in [0.3, 0.4) is 0 Å². The molecule has 0 radical (unpaired) electrons. The zero-order valence-corrected chi connectivity index (χ0v) is 6.83. The molecule has 0 aromatic rings. The second-order valence-corrected chi connectivity index (χ2v) is 3.69. The van der Waals surface area contributed by atoms with Gasteiger partial charge in [0.2, 0.25) is 0 Å². The maximum atomic E-state index is 10.3. The van der Waals surface area contributed by atoms with E-state index in [0.29, 0.717) is 0 Å². The van der Waals surface area contributed by atoms with E-state index in [9.17, 15) is 8.42 Å². The Morgan fingerprint density at radius 1 is 1.50 bits per heavy atom. The van der Waals surface area contributed by atoms with E-state index in [4.69, 9.17) is 28.5 Å². The Hall–Kier alpha value is -0.280. The molecule has 0 unspecified atom stereocenters. The van der Waals surface area contributed by atoms with E-state index in [1.807, 2.05) is 0 Å². The fourth-order valence-electron chi connectivity index (χ4n) is 0.213. The smallest absolute Gasteiger partial charge is 0.224 e. The molecule has 0 aromatic heterocycles. The highest BCUT2D eigenvalue weighted by Gasteiger charge is 2.14. The lowest BCUT2D eigenvalue weighted by Gasteiger charge is -1.91. The summed E-state index contributed by atoms with van der Waals surface area (Å²) in [6, 6.07) is 1.24. The van der Waals surface area contributed by atoms with Gasteiger partial charge in [-0.1, -0.05) is 23.2 Å². The van der Waals surface area contributed by atoms with Gasteiger partial charge in [0.15, 0.2) is 4.91 Å². The Labute approximate surface area is 67.9 Å². The number of sulfonamides is 1. The fourth-order valence-corrected chi connectivity index (χ4v) is 1.29. The lowest BCUT2D eigenvalue weighted by Crippen LogP contribution is -2.13. The minimum Gasteiger partial charge on any atom is -0.224 e. The quantitative estimate of drug-likeness (QED) is 0.624. The van der Waals surface area contributed by atoms with Crippen molar-refractivity contribution in [2.45, 2.75) is 0 Å². The van der Waals surface area contributed by atoms with Gasteiger partial charge in [0.1, 0.15) is 10.6 Å². The van der Waals surface area contributed by atoms with Crippen LogP contribution in [0.25, 0.3) is 0 Å². The molecule has 7 heteroatoms. The van der Waals surface area contributed by atoms with Crippen LogP contribution in [0.1, 0.15) is 0 Å². The molecule has 0 saturated carbocycles. The Kier molecular flexibility index (Phi) is 3.12. The van der Waals surface area contributed by atoms with Crippen LogP contribution in [-0.4, -0.2) is 8.42 Å². The summed E-state index contributed by atoms with van der Waals surface area (Å²) in [4.78, 5) is -0.823. The van der Waals surface area contributed by atoms with Gasteiger partial charge in [0, 0.05) is 0 Å². The van der Waals surface area contributed by atoms with Crippen molar-refractivity contribution in [3.8, 4) is 6.07 Å². The first kappa shape index (κ1) is 9.72. The number of halogens is 2. The van der Waals surface area contributed by atoms with E-state index in [0.717, 1.165) is 0 Å². The van der Waals surface area contributed by atoms with Gasteiger partial charge in [-0.3, -0.25) is 0 Å². The van der Waals surface area contributed by atoms with Crippen LogP contribution < -0.4 is 5.14 Å². The number of hydrogen-bond acceptors (Lipinski definition) is 3. The molecule has 0 amide bonds. The first-order valence-corrected chi connectivity index (χ1v) is 4.18.